The molecule has 16 heteroatoms. The van der Waals surface area contributed by atoms with Crippen LogP contribution in [0.5, 0.6) is 0 Å². The number of aromatic nitrogens is 4. The lowest BCUT2D eigenvalue weighted by molar-refractivity contribution is -0.158. The van der Waals surface area contributed by atoms with Gasteiger partial charge in [0.25, 0.3) is 0 Å². The number of thioether (sulfide) groups is 1. The van der Waals surface area contributed by atoms with Crippen LogP contribution in [0.2, 0.25) is 0 Å². The van der Waals surface area contributed by atoms with Gasteiger partial charge in [0.2, 0.25) is 17.7 Å². The first-order chi connectivity index (χ1) is 20.1. The number of amides is 3. The minimum Gasteiger partial charge on any atom is -0.477 e. The van der Waals surface area contributed by atoms with Crippen LogP contribution in [-0.4, -0.2) is 132 Å². The zero-order valence-electron chi connectivity index (χ0n) is 23.8. The molecule has 0 saturated carbocycles. The van der Waals surface area contributed by atoms with Gasteiger partial charge in [0.15, 0.2) is 0 Å². The Hall–Kier alpha value is -3.08. The molecule has 5 N–H and O–H groups in total. The molecule has 0 bridgehead atoms. The van der Waals surface area contributed by atoms with Crippen LogP contribution in [0.3, 0.4) is 0 Å². The molecule has 4 saturated heterocycles. The number of tetrazole rings is 1. The van der Waals surface area contributed by atoms with Crippen molar-refractivity contribution >= 4 is 35.5 Å². The first-order valence-electron chi connectivity index (χ1n) is 14.6. The number of likely N-dealkylation sites (tertiary alicyclic amines) is 2. The van der Waals surface area contributed by atoms with Gasteiger partial charge in [-0.15, -0.1) is 16.9 Å². The van der Waals surface area contributed by atoms with Crippen molar-refractivity contribution in [2.24, 2.45) is 17.6 Å². The van der Waals surface area contributed by atoms with Gasteiger partial charge >= 0.3 is 5.97 Å². The van der Waals surface area contributed by atoms with Crippen LogP contribution in [0.1, 0.15) is 33.1 Å². The number of aliphatic carboxylic acids is 1. The van der Waals surface area contributed by atoms with E-state index in [-0.39, 0.29) is 59.3 Å². The number of nitrogens with two attached hydrogens (primary N) is 1. The highest BCUT2D eigenvalue weighted by molar-refractivity contribution is 8.03. The maximum absolute atomic E-state index is 13.3. The quantitative estimate of drug-likeness (QED) is 0.229. The fourth-order valence-corrected chi connectivity index (χ4v) is 8.64. The fourth-order valence-electron chi connectivity index (χ4n) is 7.17. The number of carbonyl (C=O) groups excluding carboxylic acids is 3. The van der Waals surface area contributed by atoms with Gasteiger partial charge < -0.3 is 31.3 Å². The van der Waals surface area contributed by atoms with Crippen LogP contribution in [0, 0.1) is 11.8 Å². The highest BCUT2D eigenvalue weighted by atomic mass is 32.2. The Kier molecular flexibility index (Phi) is 7.97. The lowest BCUT2D eigenvalue weighted by atomic mass is 9.78. The largest absolute Gasteiger partial charge is 0.477 e. The van der Waals surface area contributed by atoms with Crippen LogP contribution in [0.15, 0.2) is 16.9 Å². The van der Waals surface area contributed by atoms with Crippen LogP contribution in [-0.2, 0) is 25.7 Å². The van der Waals surface area contributed by atoms with Gasteiger partial charge in [-0.2, -0.15) is 0 Å². The number of hydrogen-bond donors (Lipinski definition) is 4. The Morgan fingerprint density at radius 2 is 2.00 bits per heavy atom. The van der Waals surface area contributed by atoms with Crippen molar-refractivity contribution in [2.45, 2.75) is 75.1 Å². The maximum Gasteiger partial charge on any atom is 0.353 e. The summed E-state index contributed by atoms with van der Waals surface area (Å²) in [5.41, 5.74) is 5.95. The van der Waals surface area contributed by atoms with Crippen molar-refractivity contribution in [3.8, 4) is 0 Å². The number of nitrogens with one attached hydrogen (secondary N) is 2. The van der Waals surface area contributed by atoms with E-state index in [4.69, 9.17) is 5.73 Å². The monoisotopic (exact) mass is 602 g/mol. The third-order valence-electron chi connectivity index (χ3n) is 9.33. The number of fused-ring (bicyclic) bond motifs is 1. The molecule has 6 rings (SSSR count). The molecule has 42 heavy (non-hydrogen) atoms. The van der Waals surface area contributed by atoms with E-state index in [1.807, 2.05) is 11.8 Å². The lowest BCUT2D eigenvalue weighted by Crippen LogP contribution is -2.66. The van der Waals surface area contributed by atoms with E-state index in [9.17, 15) is 24.3 Å². The summed E-state index contributed by atoms with van der Waals surface area (Å²) >= 11 is 1.46. The van der Waals surface area contributed by atoms with Crippen molar-refractivity contribution in [1.29, 1.82) is 0 Å². The van der Waals surface area contributed by atoms with Gasteiger partial charge in [-0.1, -0.05) is 6.92 Å². The molecule has 0 radical (unpaired) electrons. The minimum atomic E-state index is -1.14. The predicted molar refractivity (Wildman–Crippen MR) is 150 cm³/mol. The molecule has 228 valence electrons. The number of piperidine rings is 1. The second-order valence-corrected chi connectivity index (χ2v) is 13.4. The second-order valence-electron chi connectivity index (χ2n) is 12.1. The molecule has 3 amide bonds. The average molecular weight is 603 g/mol. The maximum atomic E-state index is 13.3. The second kappa shape index (κ2) is 11.5. The summed E-state index contributed by atoms with van der Waals surface area (Å²) in [6.45, 7) is 7.55. The molecule has 6 atom stereocenters. The van der Waals surface area contributed by atoms with E-state index in [1.54, 1.807) is 6.92 Å². The SMILES string of the molecule is CC(NC(=O)Cn1cnnn1)[C@H]1C(=O)N2C(C(=O)O)=C(S[C@@H]3CN[C@H](C(=O)N4CCC(N5CC(N)C5)CC4)C3)[C@H](C)[C@H]12. The molecule has 4 fully saturated rings. The van der Waals surface area contributed by atoms with Crippen molar-refractivity contribution in [2.75, 3.05) is 32.7 Å². The van der Waals surface area contributed by atoms with Gasteiger partial charge in [-0.05, 0) is 36.6 Å². The van der Waals surface area contributed by atoms with Crippen molar-refractivity contribution in [1.82, 2.24) is 45.5 Å². The first kappa shape index (κ1) is 29.0. The predicted octanol–water partition coefficient (Wildman–Crippen LogP) is -1.95. The smallest absolute Gasteiger partial charge is 0.353 e. The molecule has 0 aromatic carbocycles. The zero-order chi connectivity index (χ0) is 29.7. The number of nitrogens with zero attached hydrogens (tertiary/aromatic N) is 7. The van der Waals surface area contributed by atoms with E-state index in [0.29, 0.717) is 23.9 Å². The molecule has 15 nitrogen and oxygen atoms in total. The van der Waals surface area contributed by atoms with Crippen LogP contribution in [0.25, 0.3) is 0 Å². The average Bonchev–Trinajstić information content (AvgIpc) is 3.67. The number of carboxylic acids is 1. The summed E-state index contributed by atoms with van der Waals surface area (Å²) in [7, 11) is 0. The van der Waals surface area contributed by atoms with E-state index in [1.165, 1.54) is 27.7 Å². The summed E-state index contributed by atoms with van der Waals surface area (Å²) in [6.07, 6.45) is 3.84. The van der Waals surface area contributed by atoms with Gasteiger partial charge in [0.1, 0.15) is 18.6 Å². The molecule has 5 aliphatic heterocycles. The third-order valence-corrected chi connectivity index (χ3v) is 10.8. The molecule has 1 aromatic heterocycles. The minimum absolute atomic E-state index is 0.00605. The van der Waals surface area contributed by atoms with Crippen molar-refractivity contribution < 1.29 is 24.3 Å². The van der Waals surface area contributed by atoms with Gasteiger partial charge in [0, 0.05) is 66.9 Å². The Morgan fingerprint density at radius 1 is 1.26 bits per heavy atom. The number of rotatable bonds is 9. The Balaban J connectivity index is 1.04. The highest BCUT2D eigenvalue weighted by Crippen LogP contribution is 2.51. The number of hydrogen-bond acceptors (Lipinski definition) is 11. The molecule has 0 aliphatic carbocycles. The normalized spacial score (nSPS) is 31.1. The summed E-state index contributed by atoms with van der Waals surface area (Å²) in [4.78, 5) is 57.7. The number of carboxylic acid groups (broad SMARTS) is 1. The molecule has 5 aliphatic rings. The van der Waals surface area contributed by atoms with Gasteiger partial charge in [0.05, 0.1) is 18.0 Å². The Labute approximate surface area is 247 Å². The molecule has 1 aromatic rings. The van der Waals surface area contributed by atoms with Gasteiger partial charge in [-0.3, -0.25) is 19.3 Å². The number of β-lactam (4-membered cyclic amide) rings is 1. The first-order valence-corrected chi connectivity index (χ1v) is 15.5. The van der Waals surface area contributed by atoms with E-state index in [2.05, 4.69) is 31.1 Å². The standard InChI is InChI=1S/C26H38N10O5S/c1-13-21-20(14(2)30-19(37)11-35-12-29-31-32-35)25(39)36(21)22(26(40)41)23(13)42-17-7-18(28-8-17)24(38)33-5-3-16(4-6-33)34-9-15(27)10-34/h12-18,20-21,28H,3-11,27H2,1-2H3,(H,30,37)(H,40,41)/t13-,14?,17+,18+,20-,21-/m1/s1. The third kappa shape index (κ3) is 5.29. The Bertz CT molecular complexity index is 1260. The van der Waals surface area contributed by atoms with Crippen LogP contribution >= 0.6 is 11.8 Å². The van der Waals surface area contributed by atoms with E-state index in [0.717, 1.165) is 39.0 Å². The molecule has 1 unspecified atom stereocenters. The van der Waals surface area contributed by atoms with Crippen molar-refractivity contribution in [3.05, 3.63) is 16.9 Å². The van der Waals surface area contributed by atoms with Crippen LogP contribution < -0.4 is 16.4 Å². The molecular weight excluding hydrogens is 564 g/mol. The summed E-state index contributed by atoms with van der Waals surface area (Å²) in [5.74, 6) is -2.44. The summed E-state index contributed by atoms with van der Waals surface area (Å²) in [5, 5.41) is 27.0. The van der Waals surface area contributed by atoms with E-state index < -0.39 is 17.9 Å². The van der Waals surface area contributed by atoms with Crippen LogP contribution in [0.4, 0.5) is 0 Å². The van der Waals surface area contributed by atoms with Gasteiger partial charge in [-0.25, -0.2) is 9.48 Å². The summed E-state index contributed by atoms with van der Waals surface area (Å²) in [6, 6.07) is -0.387. The number of carbonyl (C=O) groups is 4. The lowest BCUT2D eigenvalue weighted by Gasteiger charge is -2.47. The Morgan fingerprint density at radius 3 is 2.64 bits per heavy atom. The summed E-state index contributed by atoms with van der Waals surface area (Å²) < 4.78 is 1.29. The van der Waals surface area contributed by atoms with E-state index >= 15 is 0 Å². The zero-order valence-corrected chi connectivity index (χ0v) is 24.6. The molecule has 0 spiro atoms. The fraction of sp³-hybridized carbons (Fsp3) is 0.731. The topological polar surface area (TPSA) is 192 Å². The highest BCUT2D eigenvalue weighted by Gasteiger charge is 2.60. The van der Waals surface area contributed by atoms with Crippen molar-refractivity contribution in [3.63, 3.8) is 0 Å². The molecular formula is C26H38N10O5S. The molecule has 6 heterocycles.